The number of Topliss-reactive ketones (excluding diaryl/α,β-unsaturated/α-hetero) is 1. The average Bonchev–Trinajstić information content (AvgIpc) is 2.88. The van der Waals surface area contributed by atoms with Crippen LogP contribution in [-0.4, -0.2) is 15.8 Å². The van der Waals surface area contributed by atoms with Crippen LogP contribution in [0.5, 0.6) is 0 Å². The van der Waals surface area contributed by atoms with Crippen LogP contribution in [0.2, 0.25) is 0 Å². The van der Waals surface area contributed by atoms with Gasteiger partial charge in [0.05, 0.1) is 12.1 Å². The number of hydrogen-bond acceptors (Lipinski definition) is 3. The van der Waals surface area contributed by atoms with Crippen LogP contribution in [0.3, 0.4) is 0 Å². The van der Waals surface area contributed by atoms with Crippen molar-refractivity contribution >= 4 is 5.78 Å². The third-order valence-electron chi connectivity index (χ3n) is 2.00. The van der Waals surface area contributed by atoms with Gasteiger partial charge in [0.15, 0.2) is 0 Å². The Bertz CT molecular complexity index is 280. The minimum atomic E-state index is 0.315. The summed E-state index contributed by atoms with van der Waals surface area (Å²) in [5.41, 5.74) is 0.786. The molecule has 12 heavy (non-hydrogen) atoms. The molecule has 0 aliphatic heterocycles. The summed E-state index contributed by atoms with van der Waals surface area (Å²) in [6.07, 6.45) is 7.48. The lowest BCUT2D eigenvalue weighted by Crippen LogP contribution is -2.06. The lowest BCUT2D eigenvalue weighted by atomic mass is 10.1. The Hall–Kier alpha value is -1.25. The van der Waals surface area contributed by atoms with E-state index in [-0.39, 0.29) is 0 Å². The molecule has 1 heterocycles. The first kappa shape index (κ1) is 7.40. The predicted octanol–water partition coefficient (Wildman–Crippen LogP) is 0.998. The lowest BCUT2D eigenvalue weighted by molar-refractivity contribution is -0.119. The Kier molecular flexibility index (Phi) is 1.86. The molecule has 0 spiro atoms. The number of nitrogens with zero attached hydrogens (tertiary/aromatic N) is 2. The van der Waals surface area contributed by atoms with Crippen LogP contribution in [-0.2, 0) is 11.2 Å². The van der Waals surface area contributed by atoms with Gasteiger partial charge in [0.1, 0.15) is 5.78 Å². The summed E-state index contributed by atoms with van der Waals surface area (Å²) in [5, 5.41) is 0. The fourth-order valence-electron chi connectivity index (χ4n) is 1.15. The molecule has 62 valence electrons. The second-order valence-corrected chi connectivity index (χ2v) is 3.11. The van der Waals surface area contributed by atoms with E-state index >= 15 is 0 Å². The van der Waals surface area contributed by atoms with E-state index in [1.807, 2.05) is 0 Å². The second kappa shape index (κ2) is 3.01. The zero-order chi connectivity index (χ0) is 8.39. The summed E-state index contributed by atoms with van der Waals surface area (Å²) in [4.78, 5) is 19.3. The Morgan fingerprint density at radius 1 is 1.50 bits per heavy atom. The van der Waals surface area contributed by atoms with Crippen molar-refractivity contribution in [3.8, 4) is 0 Å². The molecule has 1 fully saturated rings. The third kappa shape index (κ3) is 1.67. The molecule has 0 unspecified atom stereocenters. The number of aromatic nitrogens is 2. The lowest BCUT2D eigenvalue weighted by Gasteiger charge is -1.95. The van der Waals surface area contributed by atoms with E-state index in [2.05, 4.69) is 9.97 Å². The van der Waals surface area contributed by atoms with Crippen LogP contribution < -0.4 is 0 Å². The van der Waals surface area contributed by atoms with Crippen LogP contribution in [0.4, 0.5) is 0 Å². The van der Waals surface area contributed by atoms with E-state index in [0.717, 1.165) is 18.5 Å². The Labute approximate surface area is 70.9 Å². The monoisotopic (exact) mass is 162 g/mol. The highest BCUT2D eigenvalue weighted by atomic mass is 16.1. The summed E-state index contributed by atoms with van der Waals surface area (Å²) < 4.78 is 0. The van der Waals surface area contributed by atoms with Gasteiger partial charge in [-0.1, -0.05) is 0 Å². The SMILES string of the molecule is O=C(Cc1cnccn1)C1CC1. The van der Waals surface area contributed by atoms with Crippen LogP contribution >= 0.6 is 0 Å². The van der Waals surface area contributed by atoms with E-state index < -0.39 is 0 Å². The van der Waals surface area contributed by atoms with Gasteiger partial charge < -0.3 is 0 Å². The molecule has 2 rings (SSSR count). The maximum absolute atomic E-state index is 11.3. The van der Waals surface area contributed by atoms with Crippen molar-refractivity contribution in [1.82, 2.24) is 9.97 Å². The maximum atomic E-state index is 11.3. The standard InChI is InChI=1S/C9H10N2O/c12-9(7-1-2-7)5-8-6-10-3-4-11-8/h3-4,6-7H,1-2,5H2. The molecular weight excluding hydrogens is 152 g/mol. The van der Waals surface area contributed by atoms with E-state index in [1.165, 1.54) is 0 Å². The van der Waals surface area contributed by atoms with Gasteiger partial charge in [-0.3, -0.25) is 14.8 Å². The molecule has 0 aromatic carbocycles. The molecule has 1 aromatic rings. The van der Waals surface area contributed by atoms with E-state index in [4.69, 9.17) is 0 Å². The van der Waals surface area contributed by atoms with Gasteiger partial charge in [-0.15, -0.1) is 0 Å². The average molecular weight is 162 g/mol. The van der Waals surface area contributed by atoms with Crippen LogP contribution in [0.1, 0.15) is 18.5 Å². The maximum Gasteiger partial charge on any atom is 0.141 e. The molecule has 1 aliphatic rings. The Balaban J connectivity index is 1.98. The molecule has 0 N–H and O–H groups in total. The summed E-state index contributed by atoms with van der Waals surface area (Å²) in [6.45, 7) is 0. The van der Waals surface area contributed by atoms with E-state index in [1.54, 1.807) is 18.6 Å². The van der Waals surface area contributed by atoms with Gasteiger partial charge in [0.2, 0.25) is 0 Å². The summed E-state index contributed by atoms with van der Waals surface area (Å²) in [5.74, 6) is 0.641. The van der Waals surface area contributed by atoms with Crippen molar-refractivity contribution in [3.05, 3.63) is 24.3 Å². The molecule has 0 bridgehead atoms. The molecule has 0 atom stereocenters. The second-order valence-electron chi connectivity index (χ2n) is 3.11. The van der Waals surface area contributed by atoms with Crippen molar-refractivity contribution < 1.29 is 4.79 Å². The number of hydrogen-bond donors (Lipinski definition) is 0. The molecule has 1 aliphatic carbocycles. The number of rotatable bonds is 3. The predicted molar refractivity (Wildman–Crippen MR) is 43.5 cm³/mol. The third-order valence-corrected chi connectivity index (χ3v) is 2.00. The molecule has 3 heteroatoms. The minimum absolute atomic E-state index is 0.315. The van der Waals surface area contributed by atoms with Crippen LogP contribution in [0.25, 0.3) is 0 Å². The highest BCUT2D eigenvalue weighted by Gasteiger charge is 2.29. The van der Waals surface area contributed by atoms with Gasteiger partial charge >= 0.3 is 0 Å². The molecule has 1 aromatic heterocycles. The van der Waals surface area contributed by atoms with Crippen molar-refractivity contribution in [1.29, 1.82) is 0 Å². The zero-order valence-electron chi connectivity index (χ0n) is 6.73. The van der Waals surface area contributed by atoms with Crippen LogP contribution in [0, 0.1) is 5.92 Å². The largest absolute Gasteiger partial charge is 0.299 e. The highest BCUT2D eigenvalue weighted by molar-refractivity contribution is 5.84. The summed E-state index contributed by atoms with van der Waals surface area (Å²) in [7, 11) is 0. The number of ketones is 1. The van der Waals surface area contributed by atoms with Gasteiger partial charge in [-0.25, -0.2) is 0 Å². The quantitative estimate of drug-likeness (QED) is 0.665. The van der Waals surface area contributed by atoms with Gasteiger partial charge in [-0.2, -0.15) is 0 Å². The zero-order valence-corrected chi connectivity index (χ0v) is 6.73. The molecular formula is C9H10N2O. The highest BCUT2D eigenvalue weighted by Crippen LogP contribution is 2.30. The Morgan fingerprint density at radius 3 is 2.92 bits per heavy atom. The van der Waals surface area contributed by atoms with Crippen molar-refractivity contribution in [2.24, 2.45) is 5.92 Å². The minimum Gasteiger partial charge on any atom is -0.299 e. The fourth-order valence-corrected chi connectivity index (χ4v) is 1.15. The first-order valence-corrected chi connectivity index (χ1v) is 4.14. The number of carbonyl (C=O) groups excluding carboxylic acids is 1. The van der Waals surface area contributed by atoms with E-state index in [0.29, 0.717) is 18.1 Å². The molecule has 0 saturated heterocycles. The van der Waals surface area contributed by atoms with Crippen molar-refractivity contribution in [2.75, 3.05) is 0 Å². The van der Waals surface area contributed by atoms with Crippen LogP contribution in [0.15, 0.2) is 18.6 Å². The fraction of sp³-hybridized carbons (Fsp3) is 0.444. The van der Waals surface area contributed by atoms with Crippen molar-refractivity contribution in [2.45, 2.75) is 19.3 Å². The first-order chi connectivity index (χ1) is 5.86. The van der Waals surface area contributed by atoms with Crippen molar-refractivity contribution in [3.63, 3.8) is 0 Å². The molecule has 3 nitrogen and oxygen atoms in total. The van der Waals surface area contributed by atoms with Gasteiger partial charge in [0, 0.05) is 24.5 Å². The number of carbonyl (C=O) groups is 1. The molecule has 0 radical (unpaired) electrons. The first-order valence-electron chi connectivity index (χ1n) is 4.14. The smallest absolute Gasteiger partial charge is 0.141 e. The topological polar surface area (TPSA) is 42.9 Å². The summed E-state index contributed by atoms with van der Waals surface area (Å²) in [6, 6.07) is 0. The van der Waals surface area contributed by atoms with Gasteiger partial charge in [0.25, 0.3) is 0 Å². The summed E-state index contributed by atoms with van der Waals surface area (Å²) >= 11 is 0. The molecule has 1 saturated carbocycles. The molecule has 0 amide bonds. The Morgan fingerprint density at radius 2 is 2.33 bits per heavy atom. The van der Waals surface area contributed by atoms with E-state index in [9.17, 15) is 4.79 Å². The normalized spacial score (nSPS) is 16.0. The van der Waals surface area contributed by atoms with Gasteiger partial charge in [-0.05, 0) is 12.8 Å².